The Morgan fingerprint density at radius 1 is 1.44 bits per heavy atom. The quantitative estimate of drug-likeness (QED) is 0.867. The lowest BCUT2D eigenvalue weighted by Crippen LogP contribution is -1.98. The molecule has 84 valence electrons. The maximum Gasteiger partial charge on any atom is 0.171 e. The molecule has 0 fully saturated rings. The summed E-state index contributed by atoms with van der Waals surface area (Å²) >= 11 is 3.98. The maximum absolute atomic E-state index is 4.49. The minimum atomic E-state index is 0.800. The Hall–Kier alpha value is -0.690. The summed E-state index contributed by atoms with van der Waals surface area (Å²) in [5.74, 6) is 1.69. The van der Waals surface area contributed by atoms with Crippen LogP contribution in [0, 0.1) is 3.57 Å². The van der Waals surface area contributed by atoms with E-state index < -0.39 is 0 Å². The van der Waals surface area contributed by atoms with Crippen molar-refractivity contribution in [2.45, 2.75) is 13.3 Å². The van der Waals surface area contributed by atoms with Crippen LogP contribution in [0.4, 0.5) is 5.82 Å². The Bertz CT molecular complexity index is 496. The summed E-state index contributed by atoms with van der Waals surface area (Å²) in [5, 5.41) is 3.07. The van der Waals surface area contributed by atoms with Crippen molar-refractivity contribution in [1.82, 2.24) is 9.97 Å². The molecule has 3 nitrogen and oxygen atoms in total. The van der Waals surface area contributed by atoms with E-state index in [2.05, 4.69) is 56.9 Å². The second kappa shape index (κ2) is 5.09. The Balaban J connectivity index is 2.40. The molecule has 0 aliphatic rings. The molecule has 0 aliphatic carbocycles. The number of nitrogens with one attached hydrogen (secondary N) is 1. The highest BCUT2D eigenvalue weighted by molar-refractivity contribution is 14.1. The standard InChI is InChI=1S/C11H12IN3S/c1-3-7-4-5-9(16-7)11-14-6-8(12)10(13-2)15-11/h4-6H,3H2,1-2H3,(H,13,14,15). The van der Waals surface area contributed by atoms with E-state index in [0.717, 1.165) is 26.5 Å². The van der Waals surface area contributed by atoms with Crippen LogP contribution in [-0.2, 0) is 6.42 Å². The van der Waals surface area contributed by atoms with E-state index in [-0.39, 0.29) is 0 Å². The fourth-order valence-electron chi connectivity index (χ4n) is 1.35. The largest absolute Gasteiger partial charge is 0.372 e. The van der Waals surface area contributed by atoms with E-state index in [1.54, 1.807) is 11.3 Å². The highest BCUT2D eigenvalue weighted by atomic mass is 127. The van der Waals surface area contributed by atoms with Crippen LogP contribution >= 0.6 is 33.9 Å². The van der Waals surface area contributed by atoms with Crippen molar-refractivity contribution in [2.75, 3.05) is 12.4 Å². The molecule has 2 rings (SSSR count). The molecule has 0 spiro atoms. The summed E-state index contributed by atoms with van der Waals surface area (Å²) in [5.41, 5.74) is 0. The molecule has 0 atom stereocenters. The van der Waals surface area contributed by atoms with Crippen LogP contribution in [0.2, 0.25) is 0 Å². The van der Waals surface area contributed by atoms with Gasteiger partial charge in [-0.2, -0.15) is 0 Å². The number of aromatic nitrogens is 2. The van der Waals surface area contributed by atoms with Crippen molar-refractivity contribution >= 4 is 39.7 Å². The summed E-state index contributed by atoms with van der Waals surface area (Å²) in [6.45, 7) is 2.16. The number of halogens is 1. The van der Waals surface area contributed by atoms with Gasteiger partial charge >= 0.3 is 0 Å². The zero-order valence-corrected chi connectivity index (χ0v) is 12.1. The zero-order valence-electron chi connectivity index (χ0n) is 9.12. The highest BCUT2D eigenvalue weighted by Crippen LogP contribution is 2.27. The van der Waals surface area contributed by atoms with Gasteiger partial charge in [-0.3, -0.25) is 0 Å². The fraction of sp³-hybridized carbons (Fsp3) is 0.273. The van der Waals surface area contributed by atoms with E-state index in [1.807, 2.05) is 13.2 Å². The van der Waals surface area contributed by atoms with Crippen LogP contribution in [0.1, 0.15) is 11.8 Å². The number of nitrogens with zero attached hydrogens (tertiary/aromatic N) is 2. The summed E-state index contributed by atoms with van der Waals surface area (Å²) < 4.78 is 1.04. The van der Waals surface area contributed by atoms with Gasteiger partial charge in [0.2, 0.25) is 0 Å². The van der Waals surface area contributed by atoms with Gasteiger partial charge in [0.1, 0.15) is 5.82 Å². The topological polar surface area (TPSA) is 37.8 Å². The van der Waals surface area contributed by atoms with E-state index in [0.29, 0.717) is 0 Å². The molecule has 5 heteroatoms. The average molecular weight is 345 g/mol. The van der Waals surface area contributed by atoms with E-state index in [1.165, 1.54) is 4.88 Å². The molecule has 0 unspecified atom stereocenters. The van der Waals surface area contributed by atoms with Gasteiger partial charge in [-0.15, -0.1) is 11.3 Å². The zero-order chi connectivity index (χ0) is 11.5. The number of hydrogen-bond donors (Lipinski definition) is 1. The summed E-state index contributed by atoms with van der Waals surface area (Å²) in [4.78, 5) is 11.3. The molecule has 0 saturated carbocycles. The molecule has 0 amide bonds. The minimum absolute atomic E-state index is 0.800. The minimum Gasteiger partial charge on any atom is -0.372 e. The van der Waals surface area contributed by atoms with Gasteiger partial charge in [0.05, 0.1) is 8.45 Å². The molecule has 0 radical (unpaired) electrons. The summed E-state index contributed by atoms with van der Waals surface area (Å²) in [6, 6.07) is 4.23. The van der Waals surface area contributed by atoms with E-state index in [4.69, 9.17) is 0 Å². The number of rotatable bonds is 3. The summed E-state index contributed by atoms with van der Waals surface area (Å²) in [7, 11) is 1.88. The monoisotopic (exact) mass is 345 g/mol. The number of hydrogen-bond acceptors (Lipinski definition) is 4. The molecule has 0 bridgehead atoms. The molecule has 0 aromatic carbocycles. The van der Waals surface area contributed by atoms with Gasteiger partial charge in [0, 0.05) is 18.1 Å². The lowest BCUT2D eigenvalue weighted by molar-refractivity contribution is 1.16. The third-order valence-electron chi connectivity index (χ3n) is 2.21. The Labute approximate surface area is 112 Å². The van der Waals surface area contributed by atoms with Crippen molar-refractivity contribution in [3.05, 3.63) is 26.8 Å². The van der Waals surface area contributed by atoms with E-state index in [9.17, 15) is 0 Å². The molecule has 16 heavy (non-hydrogen) atoms. The van der Waals surface area contributed by atoms with Gasteiger partial charge in [-0.1, -0.05) is 6.92 Å². The van der Waals surface area contributed by atoms with Gasteiger partial charge in [0.15, 0.2) is 5.82 Å². The van der Waals surface area contributed by atoms with Gasteiger partial charge in [-0.25, -0.2) is 9.97 Å². The van der Waals surface area contributed by atoms with Crippen molar-refractivity contribution < 1.29 is 0 Å². The molecular formula is C11H12IN3S. The van der Waals surface area contributed by atoms with E-state index >= 15 is 0 Å². The molecular weight excluding hydrogens is 333 g/mol. The van der Waals surface area contributed by atoms with Crippen LogP contribution in [-0.4, -0.2) is 17.0 Å². The highest BCUT2D eigenvalue weighted by Gasteiger charge is 2.07. The van der Waals surface area contributed by atoms with Crippen LogP contribution < -0.4 is 5.32 Å². The smallest absolute Gasteiger partial charge is 0.171 e. The number of anilines is 1. The SMILES string of the molecule is CCc1ccc(-c2ncc(I)c(NC)n2)s1. The third kappa shape index (κ3) is 2.35. The van der Waals surface area contributed by atoms with Crippen molar-refractivity contribution in [2.24, 2.45) is 0 Å². The first-order valence-electron chi connectivity index (χ1n) is 5.04. The van der Waals surface area contributed by atoms with Crippen molar-refractivity contribution in [1.29, 1.82) is 0 Å². The lowest BCUT2D eigenvalue weighted by atomic mass is 10.3. The molecule has 2 heterocycles. The van der Waals surface area contributed by atoms with Crippen molar-refractivity contribution in [3.8, 4) is 10.7 Å². The second-order valence-electron chi connectivity index (χ2n) is 3.26. The number of aryl methyl sites for hydroxylation is 1. The van der Waals surface area contributed by atoms with Crippen molar-refractivity contribution in [3.63, 3.8) is 0 Å². The van der Waals surface area contributed by atoms with Gasteiger partial charge in [0.25, 0.3) is 0 Å². The normalized spacial score (nSPS) is 10.4. The predicted octanol–water partition coefficient (Wildman–Crippen LogP) is 3.41. The molecule has 0 saturated heterocycles. The molecule has 0 aliphatic heterocycles. The van der Waals surface area contributed by atoms with Crippen LogP contribution in [0.15, 0.2) is 18.3 Å². The third-order valence-corrected chi connectivity index (χ3v) is 4.23. The first kappa shape index (κ1) is 11.8. The van der Waals surface area contributed by atoms with Crippen LogP contribution in [0.3, 0.4) is 0 Å². The van der Waals surface area contributed by atoms with Gasteiger partial charge in [-0.05, 0) is 41.1 Å². The number of thiophene rings is 1. The molecule has 1 N–H and O–H groups in total. The second-order valence-corrected chi connectivity index (χ2v) is 5.59. The molecule has 2 aromatic heterocycles. The van der Waals surface area contributed by atoms with Gasteiger partial charge < -0.3 is 5.32 Å². The first-order valence-corrected chi connectivity index (χ1v) is 6.93. The summed E-state index contributed by atoms with van der Waals surface area (Å²) in [6.07, 6.45) is 2.91. The fourth-order valence-corrected chi connectivity index (χ4v) is 2.77. The Morgan fingerprint density at radius 3 is 2.88 bits per heavy atom. The lowest BCUT2D eigenvalue weighted by Gasteiger charge is -2.03. The van der Waals surface area contributed by atoms with Crippen LogP contribution in [0.5, 0.6) is 0 Å². The predicted molar refractivity (Wildman–Crippen MR) is 77.0 cm³/mol. The first-order chi connectivity index (χ1) is 7.74. The van der Waals surface area contributed by atoms with Crippen LogP contribution in [0.25, 0.3) is 10.7 Å². The Morgan fingerprint density at radius 2 is 2.25 bits per heavy atom. The average Bonchev–Trinajstić information content (AvgIpc) is 2.78. The Kier molecular flexibility index (Phi) is 3.75. The maximum atomic E-state index is 4.49. The molecule has 2 aromatic rings.